The standard InChI is InChI=1S/C29H33NO4/c1-32-26-12-9-22(17-28(26)33-2)25-19-34-27-18-23(31)10-11-24(27)29(25)21-7-5-20(6-8-21)13-16-30-14-3-4-15-30/h5-12,17-18,25,29,31H,3-4,13-16,19H2,1-2H3/t25-,29-/m0/s1. The third-order valence-corrected chi connectivity index (χ3v) is 7.24. The Kier molecular flexibility index (Phi) is 6.63. The zero-order valence-corrected chi connectivity index (χ0v) is 20.0. The Hall–Kier alpha value is -3.18. The second-order valence-electron chi connectivity index (χ2n) is 9.27. The largest absolute Gasteiger partial charge is 0.508 e. The summed E-state index contributed by atoms with van der Waals surface area (Å²) in [4.78, 5) is 2.56. The lowest BCUT2D eigenvalue weighted by Gasteiger charge is -2.35. The predicted octanol–water partition coefficient (Wildman–Crippen LogP) is 5.36. The summed E-state index contributed by atoms with van der Waals surface area (Å²) < 4.78 is 17.2. The first-order valence-electron chi connectivity index (χ1n) is 12.1. The molecule has 1 fully saturated rings. The minimum atomic E-state index is 0.104. The Morgan fingerprint density at radius 3 is 2.35 bits per heavy atom. The summed E-state index contributed by atoms with van der Waals surface area (Å²) in [6.07, 6.45) is 3.74. The lowest BCUT2D eigenvalue weighted by atomic mass is 9.75. The molecule has 0 amide bonds. The fraction of sp³-hybridized carbons (Fsp3) is 0.379. The molecule has 2 aliphatic rings. The minimum Gasteiger partial charge on any atom is -0.508 e. The van der Waals surface area contributed by atoms with Crippen LogP contribution in [-0.4, -0.2) is 50.5 Å². The minimum absolute atomic E-state index is 0.104. The van der Waals surface area contributed by atoms with E-state index in [9.17, 15) is 5.11 Å². The van der Waals surface area contributed by atoms with Crippen LogP contribution >= 0.6 is 0 Å². The molecule has 5 rings (SSSR count). The van der Waals surface area contributed by atoms with Gasteiger partial charge in [0.15, 0.2) is 11.5 Å². The molecule has 5 heteroatoms. The number of aromatic hydroxyl groups is 1. The van der Waals surface area contributed by atoms with Crippen molar-refractivity contribution in [2.75, 3.05) is 40.5 Å². The van der Waals surface area contributed by atoms with E-state index in [1.54, 1.807) is 26.4 Å². The van der Waals surface area contributed by atoms with Gasteiger partial charge in [0.05, 0.1) is 20.8 Å². The molecule has 1 saturated heterocycles. The van der Waals surface area contributed by atoms with Gasteiger partial charge in [-0.05, 0) is 67.2 Å². The number of fused-ring (bicyclic) bond motifs is 1. The molecule has 0 bridgehead atoms. The van der Waals surface area contributed by atoms with Gasteiger partial charge >= 0.3 is 0 Å². The molecule has 34 heavy (non-hydrogen) atoms. The molecule has 2 heterocycles. The van der Waals surface area contributed by atoms with Gasteiger partial charge in [-0.1, -0.05) is 36.4 Å². The molecule has 5 nitrogen and oxygen atoms in total. The fourth-order valence-electron chi connectivity index (χ4n) is 5.37. The smallest absolute Gasteiger partial charge is 0.160 e. The summed E-state index contributed by atoms with van der Waals surface area (Å²) in [5.41, 5.74) is 4.85. The van der Waals surface area contributed by atoms with Crippen LogP contribution in [0, 0.1) is 0 Å². The van der Waals surface area contributed by atoms with Crippen molar-refractivity contribution < 1.29 is 19.3 Å². The molecule has 0 unspecified atom stereocenters. The van der Waals surface area contributed by atoms with E-state index in [0.717, 1.165) is 29.8 Å². The van der Waals surface area contributed by atoms with Crippen molar-refractivity contribution >= 4 is 0 Å². The number of rotatable bonds is 7. The molecule has 3 aromatic rings. The van der Waals surface area contributed by atoms with Crippen molar-refractivity contribution in [3.63, 3.8) is 0 Å². The molecule has 0 aliphatic carbocycles. The molecule has 2 atom stereocenters. The normalized spacial score (nSPS) is 19.9. The van der Waals surface area contributed by atoms with E-state index in [2.05, 4.69) is 41.3 Å². The molecule has 0 saturated carbocycles. The number of hydrogen-bond acceptors (Lipinski definition) is 5. The van der Waals surface area contributed by atoms with Crippen molar-refractivity contribution in [2.45, 2.75) is 31.1 Å². The quantitative estimate of drug-likeness (QED) is 0.516. The Bertz CT molecular complexity index is 1120. The first-order valence-corrected chi connectivity index (χ1v) is 12.1. The molecule has 3 aromatic carbocycles. The van der Waals surface area contributed by atoms with Crippen LogP contribution in [0.25, 0.3) is 0 Å². The van der Waals surface area contributed by atoms with Gasteiger partial charge in [0, 0.05) is 30.0 Å². The lowest BCUT2D eigenvalue weighted by Crippen LogP contribution is -2.25. The van der Waals surface area contributed by atoms with Crippen LogP contribution in [0.2, 0.25) is 0 Å². The topological polar surface area (TPSA) is 51.2 Å². The highest BCUT2D eigenvalue weighted by Gasteiger charge is 2.34. The molecule has 0 aromatic heterocycles. The Balaban J connectivity index is 1.47. The third-order valence-electron chi connectivity index (χ3n) is 7.24. The fourth-order valence-corrected chi connectivity index (χ4v) is 5.37. The maximum absolute atomic E-state index is 10.0. The van der Waals surface area contributed by atoms with Crippen molar-refractivity contribution in [3.05, 3.63) is 82.9 Å². The summed E-state index contributed by atoms with van der Waals surface area (Å²) in [6.45, 7) is 4.12. The van der Waals surface area contributed by atoms with Gasteiger partial charge in [-0.15, -0.1) is 0 Å². The number of phenols is 1. The first-order chi connectivity index (χ1) is 16.7. The van der Waals surface area contributed by atoms with E-state index in [1.807, 2.05) is 12.1 Å². The molecule has 178 valence electrons. The van der Waals surface area contributed by atoms with Gasteiger partial charge < -0.3 is 24.2 Å². The first kappa shape index (κ1) is 22.6. The molecule has 0 spiro atoms. The van der Waals surface area contributed by atoms with E-state index in [4.69, 9.17) is 14.2 Å². The Morgan fingerprint density at radius 1 is 0.882 bits per heavy atom. The van der Waals surface area contributed by atoms with Gasteiger partial charge in [0.1, 0.15) is 11.5 Å². The number of hydrogen-bond donors (Lipinski definition) is 1. The highest BCUT2D eigenvalue weighted by Crippen LogP contribution is 2.48. The molecular weight excluding hydrogens is 426 g/mol. The van der Waals surface area contributed by atoms with Crippen LogP contribution in [-0.2, 0) is 6.42 Å². The number of methoxy groups -OCH3 is 2. The number of nitrogens with zero attached hydrogens (tertiary/aromatic N) is 1. The highest BCUT2D eigenvalue weighted by molar-refractivity contribution is 5.52. The van der Waals surface area contributed by atoms with E-state index in [1.165, 1.54) is 37.1 Å². The summed E-state index contributed by atoms with van der Waals surface area (Å²) in [5.74, 6) is 2.61. The number of likely N-dealkylation sites (tertiary alicyclic amines) is 1. The zero-order valence-electron chi connectivity index (χ0n) is 20.0. The van der Waals surface area contributed by atoms with E-state index in [0.29, 0.717) is 18.1 Å². The zero-order chi connectivity index (χ0) is 23.5. The highest BCUT2D eigenvalue weighted by atomic mass is 16.5. The van der Waals surface area contributed by atoms with Gasteiger partial charge in [-0.25, -0.2) is 0 Å². The van der Waals surface area contributed by atoms with Crippen LogP contribution < -0.4 is 14.2 Å². The van der Waals surface area contributed by atoms with E-state index < -0.39 is 0 Å². The van der Waals surface area contributed by atoms with Gasteiger partial charge in [-0.3, -0.25) is 0 Å². The average molecular weight is 460 g/mol. The van der Waals surface area contributed by atoms with Crippen molar-refractivity contribution in [2.24, 2.45) is 0 Å². The summed E-state index contributed by atoms with van der Waals surface area (Å²) in [6, 6.07) is 20.6. The monoisotopic (exact) mass is 459 g/mol. The van der Waals surface area contributed by atoms with Crippen LogP contribution in [0.3, 0.4) is 0 Å². The second kappa shape index (κ2) is 9.98. The second-order valence-corrected chi connectivity index (χ2v) is 9.27. The van der Waals surface area contributed by atoms with Crippen molar-refractivity contribution in [3.8, 4) is 23.0 Å². The van der Waals surface area contributed by atoms with Gasteiger partial charge in [0.25, 0.3) is 0 Å². The Morgan fingerprint density at radius 2 is 1.62 bits per heavy atom. The van der Waals surface area contributed by atoms with Crippen molar-refractivity contribution in [1.29, 1.82) is 0 Å². The number of phenolic OH excluding ortho intramolecular Hbond substituents is 1. The van der Waals surface area contributed by atoms with Crippen molar-refractivity contribution in [1.82, 2.24) is 4.90 Å². The Labute approximate surface area is 201 Å². The summed E-state index contributed by atoms with van der Waals surface area (Å²) in [7, 11) is 3.31. The van der Waals surface area contributed by atoms with Crippen LogP contribution in [0.5, 0.6) is 23.0 Å². The van der Waals surface area contributed by atoms with Gasteiger partial charge in [0.2, 0.25) is 0 Å². The van der Waals surface area contributed by atoms with Gasteiger partial charge in [-0.2, -0.15) is 0 Å². The van der Waals surface area contributed by atoms with Crippen LogP contribution in [0.15, 0.2) is 60.7 Å². The molecule has 1 N–H and O–H groups in total. The number of ether oxygens (including phenoxy) is 3. The van der Waals surface area contributed by atoms with E-state index >= 15 is 0 Å². The summed E-state index contributed by atoms with van der Waals surface area (Å²) >= 11 is 0. The third kappa shape index (κ3) is 4.58. The van der Waals surface area contributed by atoms with Crippen LogP contribution in [0.1, 0.15) is 46.9 Å². The van der Waals surface area contributed by atoms with E-state index in [-0.39, 0.29) is 17.6 Å². The maximum atomic E-state index is 10.0. The van der Waals surface area contributed by atoms with Crippen LogP contribution in [0.4, 0.5) is 0 Å². The maximum Gasteiger partial charge on any atom is 0.160 e. The molecule has 2 aliphatic heterocycles. The average Bonchev–Trinajstić information content (AvgIpc) is 3.40. The SMILES string of the molecule is COc1ccc([C@@H]2COc3cc(O)ccc3[C@@H]2c2ccc(CCN3CCCC3)cc2)cc1OC. The molecular formula is C29H33NO4. The molecule has 0 radical (unpaired) electrons. The summed E-state index contributed by atoms with van der Waals surface area (Å²) in [5, 5.41) is 10.0. The number of benzene rings is 3. The lowest BCUT2D eigenvalue weighted by molar-refractivity contribution is 0.247. The predicted molar refractivity (Wildman–Crippen MR) is 134 cm³/mol.